The van der Waals surface area contributed by atoms with Crippen molar-refractivity contribution in [2.75, 3.05) is 12.4 Å². The zero-order valence-electron chi connectivity index (χ0n) is 17.7. The van der Waals surface area contributed by atoms with Crippen LogP contribution in [0.25, 0.3) is 0 Å². The van der Waals surface area contributed by atoms with E-state index in [4.69, 9.17) is 4.74 Å². The van der Waals surface area contributed by atoms with Crippen molar-refractivity contribution in [1.29, 1.82) is 0 Å². The lowest BCUT2D eigenvalue weighted by Crippen LogP contribution is -2.17. The molecule has 3 atom stereocenters. The lowest BCUT2D eigenvalue weighted by molar-refractivity contribution is -0.142. The van der Waals surface area contributed by atoms with Gasteiger partial charge in [-0.05, 0) is 63.5 Å². The maximum Gasteiger partial charge on any atom is 0.302 e. The van der Waals surface area contributed by atoms with Gasteiger partial charge in [0.1, 0.15) is 5.78 Å². The van der Waals surface area contributed by atoms with E-state index in [0.717, 1.165) is 49.2 Å². The van der Waals surface area contributed by atoms with Crippen LogP contribution in [-0.4, -0.2) is 28.3 Å². The summed E-state index contributed by atoms with van der Waals surface area (Å²) in [6.45, 7) is 3.78. The molecule has 5 heteroatoms. The fourth-order valence-corrected chi connectivity index (χ4v) is 5.00. The second-order valence-electron chi connectivity index (χ2n) is 7.92. The molecule has 29 heavy (non-hydrogen) atoms. The van der Waals surface area contributed by atoms with E-state index in [1.54, 1.807) is 0 Å². The highest BCUT2D eigenvalue weighted by molar-refractivity contribution is 7.85. The van der Waals surface area contributed by atoms with E-state index in [1.165, 1.54) is 12.5 Å². The maximum atomic E-state index is 12.2. The zero-order chi connectivity index (χ0) is 21.1. The van der Waals surface area contributed by atoms with E-state index in [0.29, 0.717) is 31.1 Å². The van der Waals surface area contributed by atoms with E-state index in [1.807, 2.05) is 31.2 Å². The molecule has 0 bridgehead atoms. The van der Waals surface area contributed by atoms with Crippen LogP contribution in [0.4, 0.5) is 0 Å². The molecule has 1 saturated carbocycles. The van der Waals surface area contributed by atoms with Gasteiger partial charge in [0.2, 0.25) is 0 Å². The summed E-state index contributed by atoms with van der Waals surface area (Å²) in [6.07, 6.45) is 11.8. The Morgan fingerprint density at radius 1 is 1.17 bits per heavy atom. The number of rotatable bonds is 12. The molecule has 0 amide bonds. The topological polar surface area (TPSA) is 60.4 Å². The zero-order valence-corrected chi connectivity index (χ0v) is 18.5. The lowest BCUT2D eigenvalue weighted by atomic mass is 9.90. The highest BCUT2D eigenvalue weighted by atomic mass is 32.2. The molecule has 1 aromatic rings. The van der Waals surface area contributed by atoms with Crippen molar-refractivity contribution in [1.82, 2.24) is 0 Å². The number of hydrogen-bond donors (Lipinski definition) is 0. The quantitative estimate of drug-likeness (QED) is 0.267. The molecule has 160 valence electrons. The van der Waals surface area contributed by atoms with Gasteiger partial charge in [-0.15, -0.1) is 0 Å². The van der Waals surface area contributed by atoms with Gasteiger partial charge in [-0.1, -0.05) is 36.3 Å². The van der Waals surface area contributed by atoms with Crippen molar-refractivity contribution < 1.29 is 18.5 Å². The maximum absolute atomic E-state index is 12.2. The van der Waals surface area contributed by atoms with Crippen molar-refractivity contribution in [2.45, 2.75) is 70.1 Å². The summed E-state index contributed by atoms with van der Waals surface area (Å²) in [4.78, 5) is 23.9. The first-order chi connectivity index (χ1) is 14.0. The molecule has 1 aliphatic carbocycles. The Morgan fingerprint density at radius 2 is 1.93 bits per heavy atom. The molecule has 0 radical (unpaired) electrons. The van der Waals surface area contributed by atoms with Crippen LogP contribution >= 0.6 is 0 Å². The molecular formula is C24H34O4S. The minimum Gasteiger partial charge on any atom is -0.466 e. The van der Waals surface area contributed by atoms with Gasteiger partial charge in [-0.2, -0.15) is 0 Å². The summed E-state index contributed by atoms with van der Waals surface area (Å²) >= 11 is 0. The molecule has 0 spiro atoms. The molecule has 0 heterocycles. The van der Waals surface area contributed by atoms with Gasteiger partial charge in [0, 0.05) is 29.9 Å². The first-order valence-electron chi connectivity index (χ1n) is 10.7. The Bertz CT molecular complexity index is 708. The molecule has 0 aliphatic heterocycles. The van der Waals surface area contributed by atoms with Crippen LogP contribution in [-0.2, 0) is 25.1 Å². The molecule has 2 rings (SSSR count). The highest BCUT2D eigenvalue weighted by Gasteiger charge is 2.33. The molecule has 1 aliphatic rings. The van der Waals surface area contributed by atoms with Crippen LogP contribution in [0.3, 0.4) is 0 Å². The number of carbonyl (C=O) groups excluding carboxylic acids is 2. The van der Waals surface area contributed by atoms with Crippen LogP contribution in [0.15, 0.2) is 41.3 Å². The smallest absolute Gasteiger partial charge is 0.302 e. The normalized spacial score (nSPS) is 20.3. The summed E-state index contributed by atoms with van der Waals surface area (Å²) in [5, 5.41) is 0. The Labute approximate surface area is 177 Å². The van der Waals surface area contributed by atoms with Gasteiger partial charge in [0.25, 0.3) is 0 Å². The molecule has 0 aromatic heterocycles. The highest BCUT2D eigenvalue weighted by Crippen LogP contribution is 2.34. The lowest BCUT2D eigenvalue weighted by Gasteiger charge is -2.16. The molecule has 0 saturated heterocycles. The third kappa shape index (κ3) is 8.65. The third-order valence-electron chi connectivity index (χ3n) is 5.57. The first-order valence-corrected chi connectivity index (χ1v) is 12.1. The van der Waals surface area contributed by atoms with Gasteiger partial charge in [-0.3, -0.25) is 13.8 Å². The van der Waals surface area contributed by atoms with Gasteiger partial charge >= 0.3 is 5.97 Å². The van der Waals surface area contributed by atoms with Crippen LogP contribution in [0.2, 0.25) is 0 Å². The van der Waals surface area contributed by atoms with Crippen LogP contribution in [0.5, 0.6) is 0 Å². The Kier molecular flexibility index (Phi) is 10.3. The predicted molar refractivity (Wildman–Crippen MR) is 117 cm³/mol. The van der Waals surface area contributed by atoms with E-state index in [2.05, 4.69) is 12.2 Å². The summed E-state index contributed by atoms with van der Waals surface area (Å²) in [6, 6.07) is 7.94. The number of aryl methyl sites for hydroxylation is 1. The minimum absolute atomic E-state index is 0.0377. The molecule has 1 aromatic carbocycles. The monoisotopic (exact) mass is 418 g/mol. The number of Topliss-reactive ketones (excluding diaryl/α,β-unsaturated/α-hetero) is 1. The van der Waals surface area contributed by atoms with Crippen molar-refractivity contribution in [2.24, 2.45) is 11.8 Å². The summed E-state index contributed by atoms with van der Waals surface area (Å²) in [5.74, 6) is 1.18. The fourth-order valence-electron chi connectivity index (χ4n) is 3.85. The number of ketones is 1. The minimum atomic E-state index is -0.897. The van der Waals surface area contributed by atoms with E-state index < -0.39 is 10.8 Å². The Balaban J connectivity index is 1.57. The van der Waals surface area contributed by atoms with Gasteiger partial charge < -0.3 is 4.74 Å². The van der Waals surface area contributed by atoms with Crippen LogP contribution in [0.1, 0.15) is 63.9 Å². The van der Waals surface area contributed by atoms with E-state index in [-0.39, 0.29) is 11.9 Å². The number of ether oxygens (including phenoxy) is 1. The Hall–Kier alpha value is -1.75. The number of hydrogen-bond acceptors (Lipinski definition) is 4. The van der Waals surface area contributed by atoms with E-state index in [9.17, 15) is 13.8 Å². The Morgan fingerprint density at radius 3 is 2.66 bits per heavy atom. The molecule has 1 fully saturated rings. The average Bonchev–Trinajstić information content (AvgIpc) is 3.04. The summed E-state index contributed by atoms with van der Waals surface area (Å²) in [5.41, 5.74) is 1.19. The average molecular weight is 419 g/mol. The SMILES string of the molecule is CC(=O)OCC[C@H]1C(=O)CC[C@@H]1C/C=C/CCCCCS(=O)c1ccc(C)cc1. The van der Waals surface area contributed by atoms with Crippen molar-refractivity contribution in [3.8, 4) is 0 Å². The number of esters is 1. The predicted octanol–water partition coefficient (Wildman–Crippen LogP) is 5.16. The standard InChI is InChI=1S/C24H34O4S/c1-19-10-13-22(14-11-19)29(27)18-8-6-4-3-5-7-9-21-12-15-24(26)23(21)16-17-28-20(2)25/h5,7,10-11,13-14,21,23H,3-4,6,8-9,12,15-18H2,1-2H3/b7-5+/t21-,23+,29?/m0/s1. The number of carbonyl (C=O) groups is 2. The second-order valence-corrected chi connectivity index (χ2v) is 9.49. The van der Waals surface area contributed by atoms with Crippen LogP contribution in [0, 0.1) is 18.8 Å². The van der Waals surface area contributed by atoms with E-state index >= 15 is 0 Å². The largest absolute Gasteiger partial charge is 0.466 e. The van der Waals surface area contributed by atoms with Crippen LogP contribution < -0.4 is 0 Å². The number of allylic oxidation sites excluding steroid dienone is 2. The molecule has 1 unspecified atom stereocenters. The molecule has 0 N–H and O–H groups in total. The van der Waals surface area contributed by atoms with Gasteiger partial charge in [0.05, 0.1) is 17.4 Å². The number of benzene rings is 1. The van der Waals surface area contributed by atoms with Gasteiger partial charge in [0.15, 0.2) is 0 Å². The summed E-state index contributed by atoms with van der Waals surface area (Å²) < 4.78 is 17.3. The second kappa shape index (κ2) is 12.7. The first kappa shape index (κ1) is 23.5. The molecule has 4 nitrogen and oxygen atoms in total. The van der Waals surface area contributed by atoms with Crippen molar-refractivity contribution >= 4 is 22.6 Å². The van der Waals surface area contributed by atoms with Gasteiger partial charge in [-0.25, -0.2) is 0 Å². The third-order valence-corrected chi connectivity index (χ3v) is 7.03. The number of unbranched alkanes of at least 4 members (excludes halogenated alkanes) is 3. The van der Waals surface area contributed by atoms with Crippen molar-refractivity contribution in [3.05, 3.63) is 42.0 Å². The molecular weight excluding hydrogens is 384 g/mol. The summed E-state index contributed by atoms with van der Waals surface area (Å²) in [7, 11) is -0.897. The fraction of sp³-hybridized carbons (Fsp3) is 0.583. The van der Waals surface area contributed by atoms with Crippen molar-refractivity contribution in [3.63, 3.8) is 0 Å².